The Morgan fingerprint density at radius 2 is 1.84 bits per heavy atom. The first kappa shape index (κ1) is 13.5. The predicted octanol–water partition coefficient (Wildman–Crippen LogP) is 3.64. The Kier molecular flexibility index (Phi) is 3.84. The highest BCUT2D eigenvalue weighted by atomic mass is 16.1. The van der Waals surface area contributed by atoms with Gasteiger partial charge < -0.3 is 0 Å². The van der Waals surface area contributed by atoms with E-state index in [4.69, 9.17) is 0 Å². The van der Waals surface area contributed by atoms with E-state index in [1.54, 1.807) is 0 Å². The molecule has 0 amide bonds. The Bertz CT molecular complexity index is 574. The van der Waals surface area contributed by atoms with Crippen LogP contribution in [0.2, 0.25) is 0 Å². The molecule has 0 atom stereocenters. The number of hydrogen-bond acceptors (Lipinski definition) is 2. The maximum atomic E-state index is 11.0. The molecular formula is C16H20N2O. The summed E-state index contributed by atoms with van der Waals surface area (Å²) in [5.74, 6) is 0.577. The van der Waals surface area contributed by atoms with Gasteiger partial charge in [0.25, 0.3) is 0 Å². The van der Waals surface area contributed by atoms with Crippen LogP contribution in [0.25, 0.3) is 11.1 Å². The van der Waals surface area contributed by atoms with Crippen molar-refractivity contribution in [1.82, 2.24) is 9.78 Å². The molecule has 0 saturated carbocycles. The smallest absolute Gasteiger partial charge is 0.150 e. The lowest BCUT2D eigenvalue weighted by atomic mass is 9.98. The molecule has 2 rings (SSSR count). The third kappa shape index (κ3) is 2.92. The summed E-state index contributed by atoms with van der Waals surface area (Å²) < 4.78 is 1.97. The molecule has 0 bridgehead atoms. The fourth-order valence-electron chi connectivity index (χ4n) is 2.31. The van der Waals surface area contributed by atoms with E-state index in [1.807, 2.05) is 36.9 Å². The number of aryl methyl sites for hydroxylation is 2. The number of benzene rings is 1. The largest absolute Gasteiger partial charge is 0.298 e. The van der Waals surface area contributed by atoms with Crippen molar-refractivity contribution in [1.29, 1.82) is 0 Å². The summed E-state index contributed by atoms with van der Waals surface area (Å²) in [5, 5.41) is 4.38. The molecule has 0 aliphatic carbocycles. The van der Waals surface area contributed by atoms with E-state index >= 15 is 0 Å². The Morgan fingerprint density at radius 1 is 1.21 bits per heavy atom. The van der Waals surface area contributed by atoms with Gasteiger partial charge in [-0.05, 0) is 36.5 Å². The van der Waals surface area contributed by atoms with Crippen LogP contribution in [-0.2, 0) is 6.54 Å². The summed E-state index contributed by atoms with van der Waals surface area (Å²) >= 11 is 0. The van der Waals surface area contributed by atoms with Crippen LogP contribution >= 0.6 is 0 Å². The Labute approximate surface area is 114 Å². The van der Waals surface area contributed by atoms with E-state index in [2.05, 4.69) is 25.1 Å². The van der Waals surface area contributed by atoms with E-state index in [0.29, 0.717) is 5.92 Å². The number of rotatable bonds is 4. The van der Waals surface area contributed by atoms with Gasteiger partial charge in [-0.3, -0.25) is 9.48 Å². The Balaban J connectivity index is 2.37. The Morgan fingerprint density at radius 3 is 2.37 bits per heavy atom. The molecule has 3 heteroatoms. The molecule has 0 radical (unpaired) electrons. The third-order valence-electron chi connectivity index (χ3n) is 3.23. The van der Waals surface area contributed by atoms with Gasteiger partial charge in [0, 0.05) is 23.9 Å². The molecule has 100 valence electrons. The molecule has 0 aliphatic heterocycles. The van der Waals surface area contributed by atoms with Gasteiger partial charge in [0.1, 0.15) is 0 Å². The number of carbonyl (C=O) groups is 1. The van der Waals surface area contributed by atoms with Crippen LogP contribution in [0.1, 0.15) is 35.3 Å². The second kappa shape index (κ2) is 5.39. The lowest BCUT2D eigenvalue weighted by molar-refractivity contribution is 0.112. The van der Waals surface area contributed by atoms with Crippen LogP contribution in [0.4, 0.5) is 0 Å². The molecule has 0 aliphatic rings. The first-order chi connectivity index (χ1) is 9.01. The van der Waals surface area contributed by atoms with Crippen LogP contribution < -0.4 is 0 Å². The van der Waals surface area contributed by atoms with Crippen LogP contribution in [0.3, 0.4) is 0 Å². The minimum atomic E-state index is 0.577. The van der Waals surface area contributed by atoms with Crippen molar-refractivity contribution in [3.8, 4) is 11.1 Å². The highest BCUT2D eigenvalue weighted by Crippen LogP contribution is 2.24. The zero-order valence-electron chi connectivity index (χ0n) is 12.0. The van der Waals surface area contributed by atoms with Gasteiger partial charge in [-0.2, -0.15) is 5.10 Å². The molecule has 0 unspecified atom stereocenters. The molecule has 0 saturated heterocycles. The summed E-state index contributed by atoms with van der Waals surface area (Å²) in [4.78, 5) is 11.0. The van der Waals surface area contributed by atoms with Crippen molar-refractivity contribution in [2.45, 2.75) is 34.2 Å². The van der Waals surface area contributed by atoms with Gasteiger partial charge in [0.2, 0.25) is 0 Å². The van der Waals surface area contributed by atoms with Gasteiger partial charge in [-0.25, -0.2) is 0 Å². The zero-order chi connectivity index (χ0) is 14.0. The first-order valence-electron chi connectivity index (χ1n) is 6.60. The topological polar surface area (TPSA) is 34.9 Å². The fourth-order valence-corrected chi connectivity index (χ4v) is 2.31. The van der Waals surface area contributed by atoms with Crippen molar-refractivity contribution < 1.29 is 4.79 Å². The number of nitrogens with zero attached hydrogens (tertiary/aromatic N) is 2. The van der Waals surface area contributed by atoms with Crippen molar-refractivity contribution >= 4 is 6.29 Å². The molecule has 1 aromatic heterocycles. The summed E-state index contributed by atoms with van der Waals surface area (Å²) in [5.41, 5.74) is 5.04. The number of hydrogen-bond donors (Lipinski definition) is 0. The molecule has 3 nitrogen and oxygen atoms in total. The highest BCUT2D eigenvalue weighted by Gasteiger charge is 2.08. The molecule has 2 aromatic rings. The molecular weight excluding hydrogens is 236 g/mol. The van der Waals surface area contributed by atoms with Crippen molar-refractivity contribution in [3.05, 3.63) is 41.2 Å². The molecule has 0 spiro atoms. The quantitative estimate of drug-likeness (QED) is 0.783. The average molecular weight is 256 g/mol. The van der Waals surface area contributed by atoms with E-state index < -0.39 is 0 Å². The third-order valence-corrected chi connectivity index (χ3v) is 3.23. The second-order valence-electron chi connectivity index (χ2n) is 5.49. The summed E-state index contributed by atoms with van der Waals surface area (Å²) in [6.07, 6.45) is 4.88. The maximum absolute atomic E-state index is 11.0. The standard InChI is InChI=1S/C16H20N2O/c1-11(2)8-18-9-15(7-17-18)14-5-12(3)16(10-19)13(4)6-14/h5-7,9-11H,8H2,1-4H3. The fraction of sp³-hybridized carbons (Fsp3) is 0.375. The zero-order valence-corrected chi connectivity index (χ0v) is 12.0. The van der Waals surface area contributed by atoms with Gasteiger partial charge in [-0.15, -0.1) is 0 Å². The Hall–Kier alpha value is -1.90. The van der Waals surface area contributed by atoms with Crippen LogP contribution in [0, 0.1) is 19.8 Å². The lowest BCUT2D eigenvalue weighted by Gasteiger charge is -2.07. The summed E-state index contributed by atoms with van der Waals surface area (Å²) in [7, 11) is 0. The molecule has 0 N–H and O–H groups in total. The monoisotopic (exact) mass is 256 g/mol. The van der Waals surface area contributed by atoms with Crippen LogP contribution in [0.15, 0.2) is 24.5 Å². The predicted molar refractivity (Wildman–Crippen MR) is 77.4 cm³/mol. The number of aldehydes is 1. The summed E-state index contributed by atoms with van der Waals surface area (Å²) in [6, 6.07) is 4.10. The number of aromatic nitrogens is 2. The number of carbonyl (C=O) groups excluding carboxylic acids is 1. The summed E-state index contributed by atoms with van der Waals surface area (Å²) in [6.45, 7) is 9.21. The normalized spacial score (nSPS) is 11.0. The maximum Gasteiger partial charge on any atom is 0.150 e. The van der Waals surface area contributed by atoms with Gasteiger partial charge in [-0.1, -0.05) is 26.0 Å². The van der Waals surface area contributed by atoms with Crippen LogP contribution in [0.5, 0.6) is 0 Å². The van der Waals surface area contributed by atoms with Gasteiger partial charge >= 0.3 is 0 Å². The van der Waals surface area contributed by atoms with Crippen molar-refractivity contribution in [3.63, 3.8) is 0 Å². The highest BCUT2D eigenvalue weighted by molar-refractivity contribution is 5.82. The van der Waals surface area contributed by atoms with E-state index in [1.165, 1.54) is 0 Å². The van der Waals surface area contributed by atoms with E-state index in [0.717, 1.165) is 40.6 Å². The second-order valence-corrected chi connectivity index (χ2v) is 5.49. The van der Waals surface area contributed by atoms with E-state index in [9.17, 15) is 4.79 Å². The lowest BCUT2D eigenvalue weighted by Crippen LogP contribution is -2.04. The molecule has 1 heterocycles. The van der Waals surface area contributed by atoms with Crippen molar-refractivity contribution in [2.24, 2.45) is 5.92 Å². The minimum Gasteiger partial charge on any atom is -0.298 e. The van der Waals surface area contributed by atoms with E-state index in [-0.39, 0.29) is 0 Å². The minimum absolute atomic E-state index is 0.577. The average Bonchev–Trinajstić information content (AvgIpc) is 2.76. The van der Waals surface area contributed by atoms with Gasteiger partial charge in [0.05, 0.1) is 6.20 Å². The van der Waals surface area contributed by atoms with Crippen molar-refractivity contribution in [2.75, 3.05) is 0 Å². The van der Waals surface area contributed by atoms with Crippen LogP contribution in [-0.4, -0.2) is 16.1 Å². The molecule has 1 aromatic carbocycles. The molecule has 19 heavy (non-hydrogen) atoms. The molecule has 0 fully saturated rings. The first-order valence-corrected chi connectivity index (χ1v) is 6.60. The van der Waals surface area contributed by atoms with Gasteiger partial charge in [0.15, 0.2) is 6.29 Å². The SMILES string of the molecule is Cc1cc(-c2cnn(CC(C)C)c2)cc(C)c1C=O.